The van der Waals surface area contributed by atoms with Crippen LogP contribution in [0, 0.1) is 0 Å². The van der Waals surface area contributed by atoms with Crippen molar-refractivity contribution in [2.45, 2.75) is 0 Å². The molecule has 20 heavy (non-hydrogen) atoms. The van der Waals surface area contributed by atoms with Crippen molar-refractivity contribution in [3.05, 3.63) is 30.5 Å². The van der Waals surface area contributed by atoms with Gasteiger partial charge in [-0.3, -0.25) is 4.68 Å². The number of nitrogens with zero attached hydrogens (tertiary/aromatic N) is 2. The Morgan fingerprint density at radius 3 is 2.60 bits per heavy atom. The molecule has 0 radical (unpaired) electrons. The summed E-state index contributed by atoms with van der Waals surface area (Å²) in [7, 11) is 5.04. The molecular weight excluding hydrogens is 276 g/mol. The van der Waals surface area contributed by atoms with Crippen molar-refractivity contribution in [1.29, 1.82) is 0 Å². The largest absolute Gasteiger partial charge is 0.497 e. The molecule has 1 aromatic heterocycles. The van der Waals surface area contributed by atoms with E-state index < -0.39 is 0 Å². The molecule has 0 aliphatic rings. The van der Waals surface area contributed by atoms with Crippen LogP contribution in [0.4, 0.5) is 11.5 Å². The van der Waals surface area contributed by atoms with Gasteiger partial charge < -0.3 is 20.1 Å². The molecule has 106 valence electrons. The third-order valence-corrected chi connectivity index (χ3v) is 2.82. The van der Waals surface area contributed by atoms with Gasteiger partial charge in [0.05, 0.1) is 19.9 Å². The summed E-state index contributed by atoms with van der Waals surface area (Å²) < 4.78 is 12.1. The number of hydrogen-bond acceptors (Lipinski definition) is 4. The highest BCUT2D eigenvalue weighted by Gasteiger charge is 2.07. The quantitative estimate of drug-likeness (QED) is 0.843. The minimum absolute atomic E-state index is 0.437. The zero-order chi connectivity index (χ0) is 14.5. The molecule has 0 atom stereocenters. The number of methoxy groups -OCH3 is 2. The summed E-state index contributed by atoms with van der Waals surface area (Å²) in [5.74, 6) is 2.04. The molecule has 0 saturated heterocycles. The van der Waals surface area contributed by atoms with Gasteiger partial charge in [0.25, 0.3) is 0 Å². The molecule has 0 bridgehead atoms. The molecule has 0 aliphatic heterocycles. The van der Waals surface area contributed by atoms with Crippen LogP contribution in [0.2, 0.25) is 0 Å². The monoisotopic (exact) mass is 292 g/mol. The van der Waals surface area contributed by atoms with Crippen molar-refractivity contribution in [3.63, 3.8) is 0 Å². The molecule has 6 nitrogen and oxygen atoms in total. The predicted octanol–water partition coefficient (Wildman–Crippen LogP) is 2.25. The Hall–Kier alpha value is -2.28. The lowest BCUT2D eigenvalue weighted by Gasteiger charge is -2.13. The van der Waals surface area contributed by atoms with Crippen LogP contribution in [0.1, 0.15) is 0 Å². The van der Waals surface area contributed by atoms with E-state index in [1.807, 2.05) is 31.4 Å². The number of benzene rings is 1. The van der Waals surface area contributed by atoms with Crippen LogP contribution < -0.4 is 20.1 Å². The summed E-state index contributed by atoms with van der Waals surface area (Å²) >= 11 is 5.24. The Balaban J connectivity index is 2.07. The molecule has 0 aliphatic carbocycles. The van der Waals surface area contributed by atoms with Crippen molar-refractivity contribution >= 4 is 28.8 Å². The number of ether oxygens (including phenoxy) is 2. The number of aryl methyl sites for hydroxylation is 1. The van der Waals surface area contributed by atoms with Crippen LogP contribution >= 0.6 is 12.2 Å². The molecule has 0 fully saturated rings. The van der Waals surface area contributed by atoms with E-state index in [0.29, 0.717) is 16.7 Å². The Labute approximate surface area is 122 Å². The molecule has 2 rings (SSSR count). The van der Waals surface area contributed by atoms with Gasteiger partial charge in [-0.05, 0) is 24.4 Å². The number of anilines is 2. The molecule has 0 amide bonds. The van der Waals surface area contributed by atoms with Crippen LogP contribution in [0.25, 0.3) is 0 Å². The number of hydrogen-bond donors (Lipinski definition) is 2. The molecule has 2 N–H and O–H groups in total. The minimum atomic E-state index is 0.437. The maximum Gasteiger partial charge on any atom is 0.176 e. The molecule has 7 heteroatoms. The van der Waals surface area contributed by atoms with E-state index in [1.165, 1.54) is 0 Å². The van der Waals surface area contributed by atoms with Crippen LogP contribution in [0.15, 0.2) is 30.5 Å². The first-order valence-corrected chi connectivity index (χ1v) is 6.33. The Kier molecular flexibility index (Phi) is 4.41. The lowest BCUT2D eigenvalue weighted by Crippen LogP contribution is -2.19. The first-order chi connectivity index (χ1) is 9.62. The molecule has 2 aromatic rings. The Morgan fingerprint density at radius 2 is 2.00 bits per heavy atom. The van der Waals surface area contributed by atoms with Gasteiger partial charge in [0, 0.05) is 25.4 Å². The number of rotatable bonds is 4. The summed E-state index contributed by atoms with van der Waals surface area (Å²) in [5.41, 5.74) is 0.752. The standard InChI is InChI=1S/C13H16N4O2S/c1-17-7-6-12(16-17)15-13(20)14-10-5-4-9(18-2)8-11(10)19-3/h4-8H,1-3H3,(H2,14,15,16,20). The first-order valence-electron chi connectivity index (χ1n) is 5.92. The fraction of sp³-hybridized carbons (Fsp3) is 0.231. The zero-order valence-corrected chi connectivity index (χ0v) is 12.3. The highest BCUT2D eigenvalue weighted by Crippen LogP contribution is 2.29. The van der Waals surface area contributed by atoms with E-state index in [0.717, 1.165) is 11.4 Å². The Morgan fingerprint density at radius 1 is 1.20 bits per heavy atom. The summed E-state index contributed by atoms with van der Waals surface area (Å²) in [4.78, 5) is 0. The van der Waals surface area contributed by atoms with Gasteiger partial charge in [-0.25, -0.2) is 0 Å². The van der Waals surface area contributed by atoms with E-state index in [1.54, 1.807) is 25.0 Å². The van der Waals surface area contributed by atoms with Crippen molar-refractivity contribution in [2.75, 3.05) is 24.9 Å². The minimum Gasteiger partial charge on any atom is -0.497 e. The van der Waals surface area contributed by atoms with Gasteiger partial charge in [0.1, 0.15) is 11.5 Å². The average Bonchev–Trinajstić information content (AvgIpc) is 2.84. The summed E-state index contributed by atoms with van der Waals surface area (Å²) in [6.45, 7) is 0. The zero-order valence-electron chi connectivity index (χ0n) is 11.5. The fourth-order valence-corrected chi connectivity index (χ4v) is 1.87. The summed E-state index contributed by atoms with van der Waals surface area (Å²) in [6, 6.07) is 7.28. The number of thiocarbonyl (C=S) groups is 1. The first kappa shape index (κ1) is 14.1. The smallest absolute Gasteiger partial charge is 0.176 e. The third kappa shape index (κ3) is 3.39. The average molecular weight is 292 g/mol. The van der Waals surface area contributed by atoms with Gasteiger partial charge in [-0.15, -0.1) is 0 Å². The van der Waals surface area contributed by atoms with Crippen LogP contribution in [-0.2, 0) is 7.05 Å². The van der Waals surface area contributed by atoms with E-state index in [9.17, 15) is 0 Å². The Bertz CT molecular complexity index is 612. The van der Waals surface area contributed by atoms with Crippen molar-refractivity contribution in [3.8, 4) is 11.5 Å². The van der Waals surface area contributed by atoms with Crippen molar-refractivity contribution in [1.82, 2.24) is 9.78 Å². The van der Waals surface area contributed by atoms with Gasteiger partial charge in [0.15, 0.2) is 10.9 Å². The third-order valence-electron chi connectivity index (χ3n) is 2.61. The summed E-state index contributed by atoms with van der Waals surface area (Å²) in [5, 5.41) is 10.7. The highest BCUT2D eigenvalue weighted by molar-refractivity contribution is 7.80. The fourth-order valence-electron chi connectivity index (χ4n) is 1.65. The van der Waals surface area contributed by atoms with E-state index >= 15 is 0 Å². The lowest BCUT2D eigenvalue weighted by molar-refractivity contribution is 0.395. The van der Waals surface area contributed by atoms with Gasteiger partial charge >= 0.3 is 0 Å². The maximum atomic E-state index is 5.29. The lowest BCUT2D eigenvalue weighted by atomic mass is 10.2. The number of nitrogens with one attached hydrogen (secondary N) is 2. The SMILES string of the molecule is COc1ccc(NC(=S)Nc2ccn(C)n2)c(OC)c1. The second kappa shape index (κ2) is 6.25. The highest BCUT2D eigenvalue weighted by atomic mass is 32.1. The van der Waals surface area contributed by atoms with Crippen LogP contribution in [-0.4, -0.2) is 29.1 Å². The topological polar surface area (TPSA) is 60.3 Å². The van der Waals surface area contributed by atoms with Crippen molar-refractivity contribution < 1.29 is 9.47 Å². The maximum absolute atomic E-state index is 5.29. The van der Waals surface area contributed by atoms with Gasteiger partial charge in [-0.2, -0.15) is 5.10 Å². The molecule has 1 aromatic carbocycles. The van der Waals surface area contributed by atoms with E-state index in [4.69, 9.17) is 21.7 Å². The second-order valence-corrected chi connectivity index (χ2v) is 4.43. The van der Waals surface area contributed by atoms with Crippen molar-refractivity contribution in [2.24, 2.45) is 7.05 Å². The molecular formula is C13H16N4O2S. The predicted molar refractivity (Wildman–Crippen MR) is 82.6 cm³/mol. The summed E-state index contributed by atoms with van der Waals surface area (Å²) in [6.07, 6.45) is 1.83. The molecule has 0 unspecified atom stereocenters. The molecule has 0 spiro atoms. The van der Waals surface area contributed by atoms with Gasteiger partial charge in [0.2, 0.25) is 0 Å². The van der Waals surface area contributed by atoms with Crippen LogP contribution in [0.3, 0.4) is 0 Å². The molecule has 1 heterocycles. The molecule has 0 saturated carbocycles. The second-order valence-electron chi connectivity index (χ2n) is 4.02. The van der Waals surface area contributed by atoms with E-state index in [-0.39, 0.29) is 0 Å². The van der Waals surface area contributed by atoms with Gasteiger partial charge in [-0.1, -0.05) is 0 Å². The normalized spacial score (nSPS) is 9.95. The van der Waals surface area contributed by atoms with E-state index in [2.05, 4.69) is 15.7 Å². The van der Waals surface area contributed by atoms with Crippen LogP contribution in [0.5, 0.6) is 11.5 Å². The number of aromatic nitrogens is 2.